The van der Waals surface area contributed by atoms with Crippen molar-refractivity contribution in [2.75, 3.05) is 6.61 Å². The molecular weight excluding hydrogens is 382 g/mol. The Hall–Kier alpha value is -3.22. The number of aromatic nitrogens is 1. The number of benzene rings is 1. The smallest absolute Gasteiger partial charge is 0.340 e. The van der Waals surface area contributed by atoms with E-state index in [1.165, 1.54) is 0 Å². The normalized spacial score (nSPS) is 18.3. The van der Waals surface area contributed by atoms with E-state index in [1.54, 1.807) is 19.1 Å². The van der Waals surface area contributed by atoms with E-state index in [0.717, 1.165) is 36.9 Å². The molecule has 2 aromatic rings. The number of ether oxygens (including phenoxy) is 1. The van der Waals surface area contributed by atoms with Gasteiger partial charge in [0.2, 0.25) is 0 Å². The molecule has 0 radical (unpaired) electrons. The van der Waals surface area contributed by atoms with Gasteiger partial charge in [0.05, 0.1) is 17.0 Å². The third-order valence-corrected chi connectivity index (χ3v) is 5.39. The van der Waals surface area contributed by atoms with Crippen molar-refractivity contribution in [2.24, 2.45) is 5.92 Å². The summed E-state index contributed by atoms with van der Waals surface area (Å²) in [4.78, 5) is 40.8. The number of hydrogen-bond donors (Lipinski definition) is 2. The minimum atomic E-state index is -0.671. The number of rotatable bonds is 5. The van der Waals surface area contributed by atoms with Gasteiger partial charge in [-0.05, 0) is 37.8 Å². The predicted molar refractivity (Wildman–Crippen MR) is 113 cm³/mol. The van der Waals surface area contributed by atoms with E-state index >= 15 is 0 Å². The molecule has 1 heterocycles. The van der Waals surface area contributed by atoms with Gasteiger partial charge in [-0.15, -0.1) is 0 Å². The lowest BCUT2D eigenvalue weighted by atomic mass is 9.86. The van der Waals surface area contributed by atoms with Crippen LogP contribution in [0.2, 0.25) is 0 Å². The van der Waals surface area contributed by atoms with Gasteiger partial charge in [-0.3, -0.25) is 15.1 Å². The molecule has 158 valence electrons. The first-order valence-electron chi connectivity index (χ1n) is 10.2. The second kappa shape index (κ2) is 10.0. The Bertz CT molecular complexity index is 914. The molecule has 7 nitrogen and oxygen atoms in total. The molecule has 2 atom stereocenters. The summed E-state index contributed by atoms with van der Waals surface area (Å²) in [5, 5.41) is 5.05. The minimum absolute atomic E-state index is 0.0611. The van der Waals surface area contributed by atoms with Crippen molar-refractivity contribution < 1.29 is 19.1 Å². The van der Waals surface area contributed by atoms with Crippen LogP contribution in [0.25, 0.3) is 11.3 Å². The van der Waals surface area contributed by atoms with Crippen LogP contribution in [0.15, 0.2) is 42.5 Å². The number of amides is 3. The average molecular weight is 409 g/mol. The SMILES string of the molecule is Cc1nc(-c2ccccc2)ccc1C(=O)OCC(=O)NC(=O)NC1CCCCC1C. The predicted octanol–water partition coefficient (Wildman–Crippen LogP) is 3.62. The van der Waals surface area contributed by atoms with Gasteiger partial charge >= 0.3 is 12.0 Å². The van der Waals surface area contributed by atoms with E-state index in [-0.39, 0.29) is 11.6 Å². The van der Waals surface area contributed by atoms with Crippen molar-refractivity contribution in [3.63, 3.8) is 0 Å². The van der Waals surface area contributed by atoms with Crippen LogP contribution < -0.4 is 10.6 Å². The van der Waals surface area contributed by atoms with E-state index < -0.39 is 24.5 Å². The Morgan fingerprint density at radius 2 is 1.80 bits per heavy atom. The number of esters is 1. The summed E-state index contributed by atoms with van der Waals surface area (Å²) in [5.41, 5.74) is 2.47. The summed E-state index contributed by atoms with van der Waals surface area (Å²) in [6.07, 6.45) is 4.20. The summed E-state index contributed by atoms with van der Waals surface area (Å²) in [6, 6.07) is 12.5. The first-order valence-corrected chi connectivity index (χ1v) is 10.2. The highest BCUT2D eigenvalue weighted by Crippen LogP contribution is 2.23. The molecule has 1 aromatic carbocycles. The average Bonchev–Trinajstić information content (AvgIpc) is 2.74. The number of nitrogens with zero attached hydrogens (tertiary/aromatic N) is 1. The zero-order valence-corrected chi connectivity index (χ0v) is 17.3. The highest BCUT2D eigenvalue weighted by molar-refractivity contribution is 5.97. The number of pyridine rings is 1. The Labute approximate surface area is 176 Å². The fourth-order valence-corrected chi connectivity index (χ4v) is 3.65. The molecule has 2 unspecified atom stereocenters. The van der Waals surface area contributed by atoms with E-state index in [1.807, 2.05) is 30.3 Å². The van der Waals surface area contributed by atoms with Crippen LogP contribution in [0.4, 0.5) is 4.79 Å². The second-order valence-electron chi connectivity index (χ2n) is 7.66. The molecule has 2 N–H and O–H groups in total. The van der Waals surface area contributed by atoms with Gasteiger partial charge in [-0.2, -0.15) is 0 Å². The molecule has 1 aliphatic carbocycles. The van der Waals surface area contributed by atoms with Crippen molar-refractivity contribution in [2.45, 2.75) is 45.6 Å². The lowest BCUT2D eigenvalue weighted by Gasteiger charge is -2.29. The minimum Gasteiger partial charge on any atom is -0.452 e. The molecule has 1 aromatic heterocycles. The molecule has 3 rings (SSSR count). The standard InChI is InChI=1S/C23H27N3O4/c1-15-8-6-7-11-19(15)25-23(29)26-21(27)14-30-22(28)18-12-13-20(24-16(18)2)17-9-4-3-5-10-17/h3-5,9-10,12-13,15,19H,6-8,11,14H2,1-2H3,(H2,25,26,27,29). The molecule has 0 bridgehead atoms. The van der Waals surface area contributed by atoms with Crippen molar-refractivity contribution in [1.29, 1.82) is 0 Å². The highest BCUT2D eigenvalue weighted by Gasteiger charge is 2.23. The topological polar surface area (TPSA) is 97.4 Å². The Balaban J connectivity index is 1.50. The van der Waals surface area contributed by atoms with Crippen molar-refractivity contribution in [3.05, 3.63) is 53.7 Å². The Morgan fingerprint density at radius 3 is 2.50 bits per heavy atom. The number of nitrogens with one attached hydrogen (secondary N) is 2. The quantitative estimate of drug-likeness (QED) is 0.735. The van der Waals surface area contributed by atoms with Gasteiger partial charge < -0.3 is 10.1 Å². The first kappa shape index (κ1) is 21.5. The van der Waals surface area contributed by atoms with Gasteiger partial charge in [0.1, 0.15) is 0 Å². The number of imide groups is 1. The summed E-state index contributed by atoms with van der Waals surface area (Å²) < 4.78 is 5.06. The van der Waals surface area contributed by atoms with Gasteiger partial charge in [0, 0.05) is 11.6 Å². The molecular formula is C23H27N3O4. The highest BCUT2D eigenvalue weighted by atomic mass is 16.5. The van der Waals surface area contributed by atoms with Crippen LogP contribution in [-0.2, 0) is 9.53 Å². The molecule has 7 heteroatoms. The monoisotopic (exact) mass is 409 g/mol. The van der Waals surface area contributed by atoms with Crippen LogP contribution in [0.3, 0.4) is 0 Å². The van der Waals surface area contributed by atoms with Gasteiger partial charge in [0.15, 0.2) is 6.61 Å². The fraction of sp³-hybridized carbons (Fsp3) is 0.391. The van der Waals surface area contributed by atoms with E-state index in [9.17, 15) is 14.4 Å². The second-order valence-corrected chi connectivity index (χ2v) is 7.66. The van der Waals surface area contributed by atoms with Crippen LogP contribution in [0.1, 0.15) is 48.7 Å². The van der Waals surface area contributed by atoms with E-state index in [4.69, 9.17) is 4.74 Å². The van der Waals surface area contributed by atoms with Gasteiger partial charge in [0.25, 0.3) is 5.91 Å². The number of aryl methyl sites for hydroxylation is 1. The molecule has 3 amide bonds. The fourth-order valence-electron chi connectivity index (χ4n) is 3.65. The van der Waals surface area contributed by atoms with Crippen molar-refractivity contribution in [3.8, 4) is 11.3 Å². The molecule has 0 aliphatic heterocycles. The van der Waals surface area contributed by atoms with E-state index in [0.29, 0.717) is 11.6 Å². The number of hydrogen-bond acceptors (Lipinski definition) is 5. The maximum absolute atomic E-state index is 12.3. The molecule has 0 saturated heterocycles. The van der Waals surface area contributed by atoms with E-state index in [2.05, 4.69) is 22.5 Å². The van der Waals surface area contributed by atoms with Crippen molar-refractivity contribution >= 4 is 17.9 Å². The largest absolute Gasteiger partial charge is 0.452 e. The summed E-state index contributed by atoms with van der Waals surface area (Å²) in [7, 11) is 0. The molecule has 1 fully saturated rings. The summed E-state index contributed by atoms with van der Waals surface area (Å²) >= 11 is 0. The number of carbonyl (C=O) groups excluding carboxylic acids is 3. The molecule has 30 heavy (non-hydrogen) atoms. The summed E-state index contributed by atoms with van der Waals surface area (Å²) in [5.74, 6) is -0.946. The van der Waals surface area contributed by atoms with Crippen LogP contribution in [0, 0.1) is 12.8 Å². The summed E-state index contributed by atoms with van der Waals surface area (Å²) in [6.45, 7) is 3.27. The molecule has 1 saturated carbocycles. The maximum Gasteiger partial charge on any atom is 0.340 e. The molecule has 0 spiro atoms. The zero-order chi connectivity index (χ0) is 21.5. The van der Waals surface area contributed by atoms with Crippen LogP contribution >= 0.6 is 0 Å². The van der Waals surface area contributed by atoms with Gasteiger partial charge in [-0.25, -0.2) is 9.59 Å². The van der Waals surface area contributed by atoms with Crippen LogP contribution in [-0.4, -0.2) is 35.5 Å². The zero-order valence-electron chi connectivity index (χ0n) is 17.3. The lowest BCUT2D eigenvalue weighted by molar-refractivity contribution is -0.123. The third-order valence-electron chi connectivity index (χ3n) is 5.39. The first-order chi connectivity index (χ1) is 14.4. The Kier molecular flexibility index (Phi) is 7.17. The lowest BCUT2D eigenvalue weighted by Crippen LogP contribution is -2.48. The Morgan fingerprint density at radius 1 is 1.07 bits per heavy atom. The number of urea groups is 1. The van der Waals surface area contributed by atoms with Gasteiger partial charge in [-0.1, -0.05) is 50.1 Å². The maximum atomic E-state index is 12.3. The van der Waals surface area contributed by atoms with Crippen LogP contribution in [0.5, 0.6) is 0 Å². The number of carbonyl (C=O) groups is 3. The van der Waals surface area contributed by atoms with Crippen molar-refractivity contribution in [1.82, 2.24) is 15.6 Å². The third kappa shape index (κ3) is 5.65. The molecule has 1 aliphatic rings.